The van der Waals surface area contributed by atoms with Gasteiger partial charge in [0.2, 0.25) is 5.91 Å². The summed E-state index contributed by atoms with van der Waals surface area (Å²) in [4.78, 5) is 11.3. The molecule has 1 N–H and O–H groups in total. The highest BCUT2D eigenvalue weighted by atomic mass is 16.1. The van der Waals surface area contributed by atoms with Gasteiger partial charge in [-0.1, -0.05) is 27.2 Å². The molecule has 0 heterocycles. The normalized spacial score (nSPS) is 13.0. The third-order valence-corrected chi connectivity index (χ3v) is 2.08. The molecule has 0 aliphatic carbocycles. The summed E-state index contributed by atoms with van der Waals surface area (Å²) in [6.07, 6.45) is 3.87. The summed E-state index contributed by atoms with van der Waals surface area (Å²) in [7, 11) is 0. The van der Waals surface area contributed by atoms with Gasteiger partial charge in [-0.15, -0.1) is 0 Å². The van der Waals surface area contributed by atoms with Crippen molar-refractivity contribution in [1.29, 1.82) is 0 Å². The second-order valence-electron chi connectivity index (χ2n) is 4.19. The highest BCUT2D eigenvalue weighted by molar-refractivity contribution is 5.76. The van der Waals surface area contributed by atoms with Crippen LogP contribution in [0, 0.1) is 5.92 Å². The largest absolute Gasteiger partial charge is 0.354 e. The third-order valence-electron chi connectivity index (χ3n) is 2.08. The zero-order valence-corrected chi connectivity index (χ0v) is 9.39. The molecule has 0 spiro atoms. The smallest absolute Gasteiger partial charge is 0.220 e. The fourth-order valence-electron chi connectivity index (χ4n) is 1.27. The molecule has 0 fully saturated rings. The van der Waals surface area contributed by atoms with Gasteiger partial charge in [0, 0.05) is 12.5 Å². The van der Waals surface area contributed by atoms with Crippen molar-refractivity contribution in [2.24, 2.45) is 5.92 Å². The zero-order valence-electron chi connectivity index (χ0n) is 9.39. The van der Waals surface area contributed by atoms with Gasteiger partial charge in [-0.2, -0.15) is 0 Å². The molecule has 0 aliphatic rings. The number of hydrogen-bond donors (Lipinski definition) is 1. The second-order valence-corrected chi connectivity index (χ2v) is 4.19. The second kappa shape index (κ2) is 6.93. The van der Waals surface area contributed by atoms with Crippen LogP contribution in [0.4, 0.5) is 0 Å². The molecule has 0 aromatic carbocycles. The molecular formula is C11H23NO. The predicted molar refractivity (Wildman–Crippen MR) is 56.6 cm³/mol. The van der Waals surface area contributed by atoms with Gasteiger partial charge in [0.15, 0.2) is 0 Å². The SMILES string of the molecule is CCCC(C)NC(=O)CCC(C)C. The maximum absolute atomic E-state index is 11.3. The average Bonchev–Trinajstić information content (AvgIpc) is 2.01. The molecule has 0 aromatic rings. The molecule has 1 unspecified atom stereocenters. The Hall–Kier alpha value is -0.530. The number of nitrogens with one attached hydrogen (secondary N) is 1. The van der Waals surface area contributed by atoms with Crippen molar-refractivity contribution in [3.05, 3.63) is 0 Å². The van der Waals surface area contributed by atoms with Crippen LogP contribution in [0.3, 0.4) is 0 Å². The van der Waals surface area contributed by atoms with Crippen molar-refractivity contribution < 1.29 is 4.79 Å². The van der Waals surface area contributed by atoms with E-state index in [-0.39, 0.29) is 5.91 Å². The quantitative estimate of drug-likeness (QED) is 0.677. The van der Waals surface area contributed by atoms with E-state index in [9.17, 15) is 4.79 Å². The monoisotopic (exact) mass is 185 g/mol. The summed E-state index contributed by atoms with van der Waals surface area (Å²) < 4.78 is 0. The van der Waals surface area contributed by atoms with Gasteiger partial charge in [0.05, 0.1) is 0 Å². The Morgan fingerprint density at radius 3 is 2.31 bits per heavy atom. The van der Waals surface area contributed by atoms with Crippen molar-refractivity contribution in [2.75, 3.05) is 0 Å². The first-order chi connectivity index (χ1) is 6.06. The molecule has 0 radical (unpaired) electrons. The van der Waals surface area contributed by atoms with E-state index < -0.39 is 0 Å². The summed E-state index contributed by atoms with van der Waals surface area (Å²) >= 11 is 0. The Kier molecular flexibility index (Phi) is 6.65. The van der Waals surface area contributed by atoms with E-state index in [1.54, 1.807) is 0 Å². The highest BCUT2D eigenvalue weighted by Gasteiger charge is 2.06. The Bertz CT molecular complexity index is 143. The highest BCUT2D eigenvalue weighted by Crippen LogP contribution is 2.03. The number of amides is 1. The first-order valence-corrected chi connectivity index (χ1v) is 5.35. The Morgan fingerprint density at radius 2 is 1.85 bits per heavy atom. The molecular weight excluding hydrogens is 162 g/mol. The van der Waals surface area contributed by atoms with E-state index in [1.165, 1.54) is 0 Å². The molecule has 0 aromatic heterocycles. The van der Waals surface area contributed by atoms with Gasteiger partial charge in [-0.05, 0) is 25.7 Å². The maximum atomic E-state index is 11.3. The van der Waals surface area contributed by atoms with Gasteiger partial charge in [-0.3, -0.25) is 4.79 Å². The summed E-state index contributed by atoms with van der Waals surface area (Å²) in [6.45, 7) is 8.49. The molecule has 0 rings (SSSR count). The van der Waals surface area contributed by atoms with E-state index in [4.69, 9.17) is 0 Å². The third kappa shape index (κ3) is 7.82. The molecule has 0 saturated heterocycles. The summed E-state index contributed by atoms with van der Waals surface area (Å²) in [5.74, 6) is 0.821. The molecule has 1 amide bonds. The maximum Gasteiger partial charge on any atom is 0.220 e. The van der Waals surface area contributed by atoms with Crippen molar-refractivity contribution >= 4 is 5.91 Å². The Balaban J connectivity index is 3.50. The molecule has 0 saturated carbocycles. The van der Waals surface area contributed by atoms with Crippen LogP contribution < -0.4 is 5.32 Å². The van der Waals surface area contributed by atoms with Gasteiger partial charge in [0.25, 0.3) is 0 Å². The van der Waals surface area contributed by atoms with Crippen LogP contribution in [0.25, 0.3) is 0 Å². The van der Waals surface area contributed by atoms with E-state index in [1.807, 2.05) is 0 Å². The van der Waals surface area contributed by atoms with Crippen molar-refractivity contribution in [3.63, 3.8) is 0 Å². The molecule has 1 atom stereocenters. The van der Waals surface area contributed by atoms with Crippen LogP contribution in [-0.2, 0) is 4.79 Å². The summed E-state index contributed by atoms with van der Waals surface area (Å²) in [5, 5.41) is 3.00. The van der Waals surface area contributed by atoms with E-state index in [0.29, 0.717) is 18.4 Å². The van der Waals surface area contributed by atoms with Crippen LogP contribution in [-0.4, -0.2) is 11.9 Å². The predicted octanol–water partition coefficient (Wildman–Crippen LogP) is 2.73. The molecule has 13 heavy (non-hydrogen) atoms. The lowest BCUT2D eigenvalue weighted by atomic mass is 10.1. The van der Waals surface area contributed by atoms with E-state index >= 15 is 0 Å². The van der Waals surface area contributed by atoms with E-state index in [2.05, 4.69) is 33.0 Å². The summed E-state index contributed by atoms with van der Waals surface area (Å²) in [6, 6.07) is 0.338. The average molecular weight is 185 g/mol. The van der Waals surface area contributed by atoms with Gasteiger partial charge >= 0.3 is 0 Å². The first kappa shape index (κ1) is 12.5. The minimum atomic E-state index is 0.203. The Morgan fingerprint density at radius 1 is 1.23 bits per heavy atom. The molecule has 2 nitrogen and oxygen atoms in total. The van der Waals surface area contributed by atoms with Crippen LogP contribution in [0.5, 0.6) is 0 Å². The van der Waals surface area contributed by atoms with Gasteiger partial charge < -0.3 is 5.32 Å². The van der Waals surface area contributed by atoms with Crippen molar-refractivity contribution in [3.8, 4) is 0 Å². The van der Waals surface area contributed by atoms with Crippen LogP contribution >= 0.6 is 0 Å². The molecule has 0 aliphatic heterocycles. The Labute approximate surface area is 82.1 Å². The van der Waals surface area contributed by atoms with Crippen LogP contribution in [0.15, 0.2) is 0 Å². The number of carbonyl (C=O) groups is 1. The lowest BCUT2D eigenvalue weighted by Gasteiger charge is -2.13. The van der Waals surface area contributed by atoms with E-state index in [0.717, 1.165) is 19.3 Å². The topological polar surface area (TPSA) is 29.1 Å². The number of carbonyl (C=O) groups excluding carboxylic acids is 1. The number of rotatable bonds is 6. The zero-order chi connectivity index (χ0) is 10.3. The minimum Gasteiger partial charge on any atom is -0.354 e. The fourth-order valence-corrected chi connectivity index (χ4v) is 1.27. The minimum absolute atomic E-state index is 0.203. The van der Waals surface area contributed by atoms with Crippen LogP contribution in [0.2, 0.25) is 0 Å². The molecule has 2 heteroatoms. The standard InChI is InChI=1S/C11H23NO/c1-5-6-10(4)12-11(13)8-7-9(2)3/h9-10H,5-8H2,1-4H3,(H,12,13). The lowest BCUT2D eigenvalue weighted by molar-refractivity contribution is -0.122. The summed E-state index contributed by atoms with van der Waals surface area (Å²) in [5.41, 5.74) is 0. The van der Waals surface area contributed by atoms with Crippen molar-refractivity contribution in [1.82, 2.24) is 5.32 Å². The molecule has 0 bridgehead atoms. The first-order valence-electron chi connectivity index (χ1n) is 5.35. The molecule has 78 valence electrons. The lowest BCUT2D eigenvalue weighted by Crippen LogP contribution is -2.32. The van der Waals surface area contributed by atoms with Gasteiger partial charge in [-0.25, -0.2) is 0 Å². The fraction of sp³-hybridized carbons (Fsp3) is 0.909. The van der Waals surface area contributed by atoms with Crippen molar-refractivity contribution in [2.45, 2.75) is 59.4 Å². The number of hydrogen-bond acceptors (Lipinski definition) is 1. The van der Waals surface area contributed by atoms with Crippen LogP contribution in [0.1, 0.15) is 53.4 Å². The van der Waals surface area contributed by atoms with Gasteiger partial charge in [0.1, 0.15) is 0 Å².